The third kappa shape index (κ3) is 3.55. The Kier molecular flexibility index (Phi) is 5.08. The smallest absolute Gasteiger partial charge is 0.230 e. The molecular formula is C21H26N2O3S. The largest absolute Gasteiger partial charge is 0.460 e. The summed E-state index contributed by atoms with van der Waals surface area (Å²) in [6.45, 7) is 5.06. The maximum Gasteiger partial charge on any atom is 0.230 e. The highest BCUT2D eigenvalue weighted by molar-refractivity contribution is 7.13. The van der Waals surface area contributed by atoms with E-state index in [1.807, 2.05) is 39.4 Å². The first-order valence-electron chi connectivity index (χ1n) is 9.81. The number of carbonyl (C=O) groups is 2. The van der Waals surface area contributed by atoms with E-state index < -0.39 is 0 Å². The number of nitrogens with zero attached hydrogens (tertiary/aromatic N) is 2. The fourth-order valence-electron chi connectivity index (χ4n) is 4.29. The van der Waals surface area contributed by atoms with Gasteiger partial charge >= 0.3 is 0 Å². The van der Waals surface area contributed by atoms with Crippen molar-refractivity contribution in [3.8, 4) is 10.6 Å². The first kappa shape index (κ1) is 18.3. The molecule has 27 heavy (non-hydrogen) atoms. The van der Waals surface area contributed by atoms with Crippen molar-refractivity contribution in [2.24, 2.45) is 5.41 Å². The number of likely N-dealkylation sites (tertiary alicyclic amines) is 2. The molecule has 2 aromatic heterocycles. The van der Waals surface area contributed by atoms with Crippen molar-refractivity contribution >= 4 is 23.2 Å². The second kappa shape index (κ2) is 7.50. The van der Waals surface area contributed by atoms with Crippen LogP contribution in [0.15, 0.2) is 34.1 Å². The Morgan fingerprint density at radius 2 is 2.11 bits per heavy atom. The SMILES string of the molecule is CCCN1CCC2(CCN(C(=O)CCc3ccc(-c4cccs4)o3)C2)C1=O. The molecule has 0 aliphatic carbocycles. The lowest BCUT2D eigenvalue weighted by Crippen LogP contribution is -2.38. The van der Waals surface area contributed by atoms with Crippen LogP contribution in [0, 0.1) is 5.41 Å². The number of rotatable bonds is 6. The van der Waals surface area contributed by atoms with Gasteiger partial charge in [0.25, 0.3) is 0 Å². The molecule has 1 atom stereocenters. The van der Waals surface area contributed by atoms with Gasteiger partial charge in [-0.2, -0.15) is 0 Å². The molecule has 6 heteroatoms. The molecule has 4 rings (SSSR count). The van der Waals surface area contributed by atoms with Gasteiger partial charge in [0, 0.05) is 39.0 Å². The van der Waals surface area contributed by atoms with Crippen LogP contribution in [-0.2, 0) is 16.0 Å². The molecule has 0 N–H and O–H groups in total. The van der Waals surface area contributed by atoms with Gasteiger partial charge in [-0.3, -0.25) is 9.59 Å². The summed E-state index contributed by atoms with van der Waals surface area (Å²) in [5.74, 6) is 2.08. The van der Waals surface area contributed by atoms with Gasteiger partial charge in [-0.25, -0.2) is 0 Å². The van der Waals surface area contributed by atoms with Gasteiger partial charge in [-0.15, -0.1) is 11.3 Å². The van der Waals surface area contributed by atoms with Crippen LogP contribution in [0.4, 0.5) is 0 Å². The molecule has 4 heterocycles. The second-order valence-corrected chi connectivity index (χ2v) is 8.58. The Balaban J connectivity index is 1.32. The van der Waals surface area contributed by atoms with Crippen LogP contribution in [0.2, 0.25) is 0 Å². The quantitative estimate of drug-likeness (QED) is 0.759. The highest BCUT2D eigenvalue weighted by Gasteiger charge is 2.51. The van der Waals surface area contributed by atoms with E-state index in [1.54, 1.807) is 11.3 Å². The minimum absolute atomic E-state index is 0.127. The number of hydrogen-bond donors (Lipinski definition) is 0. The van der Waals surface area contributed by atoms with Crippen molar-refractivity contribution in [2.75, 3.05) is 26.2 Å². The summed E-state index contributed by atoms with van der Waals surface area (Å²) in [6, 6.07) is 7.95. The molecule has 2 fully saturated rings. The summed E-state index contributed by atoms with van der Waals surface area (Å²) in [6.07, 6.45) is 3.71. The van der Waals surface area contributed by atoms with E-state index in [2.05, 4.69) is 6.92 Å². The lowest BCUT2D eigenvalue weighted by molar-refractivity contribution is -0.136. The maximum absolute atomic E-state index is 12.8. The van der Waals surface area contributed by atoms with E-state index in [0.29, 0.717) is 25.9 Å². The molecule has 2 aromatic rings. The Bertz CT molecular complexity index is 813. The highest BCUT2D eigenvalue weighted by atomic mass is 32.1. The van der Waals surface area contributed by atoms with Crippen LogP contribution in [0.3, 0.4) is 0 Å². The molecule has 0 aromatic carbocycles. The first-order valence-corrected chi connectivity index (χ1v) is 10.7. The Morgan fingerprint density at radius 1 is 1.26 bits per heavy atom. The van der Waals surface area contributed by atoms with Crippen LogP contribution in [0.25, 0.3) is 10.6 Å². The van der Waals surface area contributed by atoms with Gasteiger partial charge in [0.15, 0.2) is 0 Å². The van der Waals surface area contributed by atoms with Crippen LogP contribution in [-0.4, -0.2) is 47.8 Å². The van der Waals surface area contributed by atoms with E-state index in [-0.39, 0.29) is 17.2 Å². The summed E-state index contributed by atoms with van der Waals surface area (Å²) in [4.78, 5) is 30.4. The zero-order chi connectivity index (χ0) is 18.9. The Hall–Kier alpha value is -2.08. The van der Waals surface area contributed by atoms with E-state index in [0.717, 1.165) is 48.7 Å². The predicted molar refractivity (Wildman–Crippen MR) is 105 cm³/mol. The van der Waals surface area contributed by atoms with Gasteiger partial charge < -0.3 is 14.2 Å². The summed E-state index contributed by atoms with van der Waals surface area (Å²) >= 11 is 1.64. The van der Waals surface area contributed by atoms with Crippen molar-refractivity contribution in [3.05, 3.63) is 35.4 Å². The van der Waals surface area contributed by atoms with E-state index in [9.17, 15) is 9.59 Å². The zero-order valence-electron chi connectivity index (χ0n) is 15.8. The summed E-state index contributed by atoms with van der Waals surface area (Å²) in [5, 5.41) is 2.02. The highest BCUT2D eigenvalue weighted by Crippen LogP contribution is 2.41. The predicted octanol–water partition coefficient (Wildman–Crippen LogP) is 3.80. The van der Waals surface area contributed by atoms with Gasteiger partial charge in [-0.05, 0) is 42.8 Å². The molecule has 2 aliphatic heterocycles. The van der Waals surface area contributed by atoms with Crippen LogP contribution < -0.4 is 0 Å². The topological polar surface area (TPSA) is 53.8 Å². The van der Waals surface area contributed by atoms with Crippen LogP contribution in [0.5, 0.6) is 0 Å². The van der Waals surface area contributed by atoms with Gasteiger partial charge in [0.1, 0.15) is 11.5 Å². The van der Waals surface area contributed by atoms with Gasteiger partial charge in [-0.1, -0.05) is 13.0 Å². The minimum Gasteiger partial charge on any atom is -0.460 e. The molecule has 2 saturated heterocycles. The first-order chi connectivity index (χ1) is 13.1. The molecule has 0 bridgehead atoms. The van der Waals surface area contributed by atoms with E-state index in [1.165, 1.54) is 0 Å². The monoisotopic (exact) mass is 386 g/mol. The fraction of sp³-hybridized carbons (Fsp3) is 0.524. The normalized spacial score (nSPS) is 22.3. The Morgan fingerprint density at radius 3 is 2.89 bits per heavy atom. The van der Waals surface area contributed by atoms with Crippen molar-refractivity contribution in [1.82, 2.24) is 9.80 Å². The molecular weight excluding hydrogens is 360 g/mol. The number of aryl methyl sites for hydroxylation is 1. The van der Waals surface area contributed by atoms with Crippen molar-refractivity contribution in [2.45, 2.75) is 39.0 Å². The maximum atomic E-state index is 12.8. The molecule has 0 radical (unpaired) electrons. The Labute approximate surface area is 163 Å². The van der Waals surface area contributed by atoms with E-state index in [4.69, 9.17) is 4.42 Å². The lowest BCUT2D eigenvalue weighted by Gasteiger charge is -2.23. The number of carbonyl (C=O) groups excluding carboxylic acids is 2. The lowest BCUT2D eigenvalue weighted by atomic mass is 9.85. The number of thiophene rings is 1. The molecule has 0 saturated carbocycles. The van der Waals surface area contributed by atoms with E-state index >= 15 is 0 Å². The van der Waals surface area contributed by atoms with Crippen molar-refractivity contribution in [3.63, 3.8) is 0 Å². The zero-order valence-corrected chi connectivity index (χ0v) is 16.6. The fourth-order valence-corrected chi connectivity index (χ4v) is 4.98. The number of hydrogen-bond acceptors (Lipinski definition) is 4. The van der Waals surface area contributed by atoms with Crippen LogP contribution >= 0.6 is 11.3 Å². The number of furan rings is 1. The van der Waals surface area contributed by atoms with Crippen molar-refractivity contribution in [1.29, 1.82) is 0 Å². The number of amides is 2. The third-order valence-corrected chi connectivity index (χ3v) is 6.70. The average Bonchev–Trinajstić information content (AvgIpc) is 3.45. The molecule has 1 spiro atoms. The van der Waals surface area contributed by atoms with Crippen LogP contribution in [0.1, 0.15) is 38.4 Å². The van der Waals surface area contributed by atoms with Gasteiger partial charge in [0.2, 0.25) is 11.8 Å². The average molecular weight is 387 g/mol. The molecule has 5 nitrogen and oxygen atoms in total. The summed E-state index contributed by atoms with van der Waals surface area (Å²) in [5.41, 5.74) is -0.318. The van der Waals surface area contributed by atoms with Gasteiger partial charge in [0.05, 0.1) is 10.3 Å². The van der Waals surface area contributed by atoms with Crippen molar-refractivity contribution < 1.29 is 14.0 Å². The standard InChI is InChI=1S/C21H26N2O3S/c1-2-11-22-12-9-21(20(22)25)10-13-23(15-21)19(24)8-6-16-5-7-17(26-16)18-4-3-14-27-18/h3-5,7,14H,2,6,8-13,15H2,1H3. The summed E-state index contributed by atoms with van der Waals surface area (Å²) in [7, 11) is 0. The third-order valence-electron chi connectivity index (χ3n) is 5.81. The molecule has 2 amide bonds. The summed E-state index contributed by atoms with van der Waals surface area (Å²) < 4.78 is 5.87. The minimum atomic E-state index is -0.318. The molecule has 144 valence electrons. The second-order valence-electron chi connectivity index (χ2n) is 7.63. The molecule has 1 unspecified atom stereocenters. The molecule has 2 aliphatic rings.